The van der Waals surface area contributed by atoms with Crippen LogP contribution in [0.3, 0.4) is 0 Å². The molecule has 2 heterocycles. The standard InChI is InChI=1S/C17H22N4O4S/c1-10-5-3-4-6-13(10)18-16(23)19-14(22)9-26-17-21-20-15(25-17)12-7-8-24-11(12)2/h7-8,10,13H,3-6,9H2,1-2H3,(H2,18,19,22,23)/t10-,13+/m1/s1. The van der Waals surface area contributed by atoms with Gasteiger partial charge in [0.05, 0.1) is 17.6 Å². The molecule has 0 unspecified atom stereocenters. The molecule has 0 aromatic carbocycles. The first kappa shape index (κ1) is 18.5. The Morgan fingerprint density at radius 3 is 2.85 bits per heavy atom. The van der Waals surface area contributed by atoms with Crippen molar-refractivity contribution in [1.29, 1.82) is 0 Å². The molecule has 0 radical (unpaired) electrons. The van der Waals surface area contributed by atoms with E-state index in [-0.39, 0.29) is 17.0 Å². The minimum Gasteiger partial charge on any atom is -0.469 e. The number of rotatable bonds is 5. The third-order valence-corrected chi connectivity index (χ3v) is 5.32. The third kappa shape index (κ3) is 4.66. The number of hydrogen-bond acceptors (Lipinski definition) is 7. The molecule has 1 aliphatic rings. The van der Waals surface area contributed by atoms with Gasteiger partial charge in [0.25, 0.3) is 11.1 Å². The molecule has 0 saturated heterocycles. The van der Waals surface area contributed by atoms with Gasteiger partial charge in [-0.3, -0.25) is 10.1 Å². The van der Waals surface area contributed by atoms with E-state index in [1.165, 1.54) is 6.42 Å². The molecule has 2 aromatic heterocycles. The second kappa shape index (κ2) is 8.39. The van der Waals surface area contributed by atoms with Crippen molar-refractivity contribution < 1.29 is 18.4 Å². The van der Waals surface area contributed by atoms with E-state index < -0.39 is 11.9 Å². The lowest BCUT2D eigenvalue weighted by Gasteiger charge is -2.29. The predicted octanol–water partition coefficient (Wildman–Crippen LogP) is 3.13. The van der Waals surface area contributed by atoms with Crippen molar-refractivity contribution in [3.63, 3.8) is 0 Å². The summed E-state index contributed by atoms with van der Waals surface area (Å²) in [6, 6.07) is 1.41. The molecule has 140 valence electrons. The number of furan rings is 1. The van der Waals surface area contributed by atoms with Gasteiger partial charge >= 0.3 is 6.03 Å². The fraction of sp³-hybridized carbons (Fsp3) is 0.529. The number of thioether (sulfide) groups is 1. The van der Waals surface area contributed by atoms with Crippen LogP contribution in [-0.4, -0.2) is 33.9 Å². The van der Waals surface area contributed by atoms with Gasteiger partial charge < -0.3 is 14.2 Å². The van der Waals surface area contributed by atoms with Crippen LogP contribution in [0.5, 0.6) is 0 Å². The van der Waals surface area contributed by atoms with Gasteiger partial charge in [-0.15, -0.1) is 10.2 Å². The minimum absolute atomic E-state index is 0.0135. The highest BCUT2D eigenvalue weighted by atomic mass is 32.2. The van der Waals surface area contributed by atoms with E-state index >= 15 is 0 Å². The molecule has 2 atom stereocenters. The molecule has 1 fully saturated rings. The lowest BCUT2D eigenvalue weighted by atomic mass is 9.86. The predicted molar refractivity (Wildman–Crippen MR) is 95.6 cm³/mol. The zero-order chi connectivity index (χ0) is 18.5. The smallest absolute Gasteiger partial charge is 0.321 e. The van der Waals surface area contributed by atoms with Gasteiger partial charge in [-0.25, -0.2) is 4.79 Å². The van der Waals surface area contributed by atoms with Crippen LogP contribution in [-0.2, 0) is 4.79 Å². The van der Waals surface area contributed by atoms with E-state index in [0.717, 1.165) is 36.6 Å². The summed E-state index contributed by atoms with van der Waals surface area (Å²) in [6.45, 7) is 3.92. The van der Waals surface area contributed by atoms with Gasteiger partial charge in [0.15, 0.2) is 0 Å². The quantitative estimate of drug-likeness (QED) is 0.769. The molecular weight excluding hydrogens is 356 g/mol. The Morgan fingerprint density at radius 2 is 2.12 bits per heavy atom. The minimum atomic E-state index is -0.449. The molecule has 2 aromatic rings. The zero-order valence-corrected chi connectivity index (χ0v) is 15.6. The van der Waals surface area contributed by atoms with Crippen LogP contribution in [0, 0.1) is 12.8 Å². The van der Waals surface area contributed by atoms with Crippen molar-refractivity contribution in [2.24, 2.45) is 5.92 Å². The third-order valence-electron chi connectivity index (χ3n) is 4.50. The fourth-order valence-corrected chi connectivity index (χ4v) is 3.57. The van der Waals surface area contributed by atoms with E-state index in [0.29, 0.717) is 17.6 Å². The maximum Gasteiger partial charge on any atom is 0.321 e. The highest BCUT2D eigenvalue weighted by molar-refractivity contribution is 7.99. The molecule has 9 heteroatoms. The average Bonchev–Trinajstić information content (AvgIpc) is 3.23. The number of aromatic nitrogens is 2. The zero-order valence-electron chi connectivity index (χ0n) is 14.8. The van der Waals surface area contributed by atoms with Crippen LogP contribution < -0.4 is 10.6 Å². The maximum atomic E-state index is 12.0. The molecule has 1 aliphatic carbocycles. The number of urea groups is 1. The summed E-state index contributed by atoms with van der Waals surface area (Å²) in [4.78, 5) is 23.9. The van der Waals surface area contributed by atoms with Crippen LogP contribution in [0.25, 0.3) is 11.5 Å². The van der Waals surface area contributed by atoms with E-state index in [1.54, 1.807) is 19.3 Å². The lowest BCUT2D eigenvalue weighted by Crippen LogP contribution is -2.48. The Bertz CT molecular complexity index is 772. The topological polar surface area (TPSA) is 110 Å². The molecule has 0 spiro atoms. The van der Waals surface area contributed by atoms with E-state index in [1.807, 2.05) is 0 Å². The van der Waals surface area contributed by atoms with Gasteiger partial charge in [-0.1, -0.05) is 31.5 Å². The lowest BCUT2D eigenvalue weighted by molar-refractivity contribution is -0.117. The number of carbonyl (C=O) groups excluding carboxylic acids is 2. The van der Waals surface area contributed by atoms with Crippen molar-refractivity contribution in [1.82, 2.24) is 20.8 Å². The van der Waals surface area contributed by atoms with E-state index in [9.17, 15) is 9.59 Å². The first-order valence-electron chi connectivity index (χ1n) is 8.64. The summed E-state index contributed by atoms with van der Waals surface area (Å²) in [7, 11) is 0. The number of amides is 3. The van der Waals surface area contributed by atoms with E-state index in [2.05, 4.69) is 27.8 Å². The molecule has 2 N–H and O–H groups in total. The van der Waals surface area contributed by atoms with Crippen LogP contribution in [0.1, 0.15) is 38.4 Å². The molecular formula is C17H22N4O4S. The highest BCUT2D eigenvalue weighted by Gasteiger charge is 2.23. The van der Waals surface area contributed by atoms with Crippen LogP contribution in [0.4, 0.5) is 4.79 Å². The van der Waals surface area contributed by atoms with Crippen LogP contribution in [0.15, 0.2) is 26.4 Å². The number of imide groups is 1. The molecule has 8 nitrogen and oxygen atoms in total. The largest absolute Gasteiger partial charge is 0.469 e. The number of carbonyl (C=O) groups is 2. The van der Waals surface area contributed by atoms with Gasteiger partial charge in [0, 0.05) is 6.04 Å². The first-order valence-corrected chi connectivity index (χ1v) is 9.62. The molecule has 0 aliphatic heterocycles. The van der Waals surface area contributed by atoms with Crippen molar-refractivity contribution >= 4 is 23.7 Å². The molecule has 3 amide bonds. The first-order chi connectivity index (χ1) is 12.5. The van der Waals surface area contributed by atoms with Crippen molar-refractivity contribution in [3.8, 4) is 11.5 Å². The molecule has 3 rings (SSSR count). The highest BCUT2D eigenvalue weighted by Crippen LogP contribution is 2.26. The molecule has 0 bridgehead atoms. The van der Waals surface area contributed by atoms with Crippen molar-refractivity contribution in [2.75, 3.05) is 5.75 Å². The number of aryl methyl sites for hydroxylation is 1. The second-order valence-corrected chi connectivity index (χ2v) is 7.37. The summed E-state index contributed by atoms with van der Waals surface area (Å²) >= 11 is 1.08. The average molecular weight is 378 g/mol. The monoisotopic (exact) mass is 378 g/mol. The number of nitrogens with one attached hydrogen (secondary N) is 2. The SMILES string of the molecule is Cc1occc1-c1nnc(SCC(=O)NC(=O)N[C@H]2CCCC[C@H]2C)o1. The fourth-order valence-electron chi connectivity index (χ4n) is 3.01. The van der Waals surface area contributed by atoms with Crippen molar-refractivity contribution in [3.05, 3.63) is 18.1 Å². The van der Waals surface area contributed by atoms with Gasteiger partial charge in [-0.2, -0.15) is 0 Å². The Balaban J connectivity index is 1.45. The number of nitrogens with zero attached hydrogens (tertiary/aromatic N) is 2. The maximum absolute atomic E-state index is 12.0. The van der Waals surface area contributed by atoms with Crippen LogP contribution >= 0.6 is 11.8 Å². The normalized spacial score (nSPS) is 19.9. The molecule has 1 saturated carbocycles. The Hall–Kier alpha value is -2.29. The Kier molecular flexibility index (Phi) is 5.97. The summed E-state index contributed by atoms with van der Waals surface area (Å²) in [6.07, 6.45) is 5.90. The van der Waals surface area contributed by atoms with Gasteiger partial charge in [0.1, 0.15) is 5.76 Å². The van der Waals surface area contributed by atoms with Crippen LogP contribution in [0.2, 0.25) is 0 Å². The van der Waals surface area contributed by atoms with Gasteiger partial charge in [0.2, 0.25) is 5.91 Å². The summed E-state index contributed by atoms with van der Waals surface area (Å²) in [5.74, 6) is 1.05. The summed E-state index contributed by atoms with van der Waals surface area (Å²) < 4.78 is 10.7. The Labute approximate surface area is 155 Å². The number of hydrogen-bond donors (Lipinski definition) is 2. The summed E-state index contributed by atoms with van der Waals surface area (Å²) in [5.41, 5.74) is 0.717. The summed E-state index contributed by atoms with van der Waals surface area (Å²) in [5, 5.41) is 13.3. The second-order valence-electron chi connectivity index (χ2n) is 6.44. The van der Waals surface area contributed by atoms with E-state index in [4.69, 9.17) is 8.83 Å². The van der Waals surface area contributed by atoms with Gasteiger partial charge in [-0.05, 0) is 31.7 Å². The Morgan fingerprint density at radius 1 is 1.31 bits per heavy atom. The molecule has 26 heavy (non-hydrogen) atoms. The van der Waals surface area contributed by atoms with Crippen molar-refractivity contribution in [2.45, 2.75) is 50.8 Å².